The number of aliphatic imine (C=N–C) groups is 1. The number of carboxylic acid groups (broad SMARTS) is 1. The molecule has 0 bridgehead atoms. The molecule has 1 aromatic carbocycles. The monoisotopic (exact) mass is 835 g/mol. The number of rotatable bonds is 26. The first kappa shape index (κ1) is 51.1. The molecule has 13 N–H and O–H groups in total. The molecule has 0 fully saturated rings. The molecule has 18 nitrogen and oxygen atoms in total. The minimum absolute atomic E-state index is 0.00232. The number of nitrogens with zero attached hydrogens (tertiary/aromatic N) is 1. The molecule has 0 aromatic heterocycles. The second kappa shape index (κ2) is 26.2. The average Bonchev–Trinajstić information content (AvgIpc) is 3.11. The Hall–Kier alpha value is -4.91. The normalized spacial score (nSPS) is 14.3. The van der Waals surface area contributed by atoms with Crippen molar-refractivity contribution in [2.45, 2.75) is 130 Å². The number of hydrogen-bond acceptors (Lipinski definition) is 11. The highest BCUT2D eigenvalue weighted by Gasteiger charge is 2.31. The van der Waals surface area contributed by atoms with E-state index in [9.17, 15) is 43.8 Å². The number of benzene rings is 1. The number of carbonyl (C=O) groups is 7. The Morgan fingerprint density at radius 3 is 1.78 bits per heavy atom. The van der Waals surface area contributed by atoms with E-state index in [1.54, 1.807) is 12.1 Å². The van der Waals surface area contributed by atoms with Crippen molar-refractivity contribution in [2.24, 2.45) is 39.9 Å². The zero-order valence-corrected chi connectivity index (χ0v) is 35.5. The fourth-order valence-corrected chi connectivity index (χ4v) is 6.53. The minimum Gasteiger partial charge on any atom is -0.508 e. The number of thioether (sulfide) groups is 1. The summed E-state index contributed by atoms with van der Waals surface area (Å²) in [6.45, 7) is 12.8. The predicted molar refractivity (Wildman–Crippen MR) is 223 cm³/mol. The highest BCUT2D eigenvalue weighted by atomic mass is 32.2. The van der Waals surface area contributed by atoms with Crippen LogP contribution in [0.4, 0.5) is 0 Å². The lowest BCUT2D eigenvalue weighted by atomic mass is 10.0. The van der Waals surface area contributed by atoms with Crippen molar-refractivity contribution in [2.75, 3.05) is 12.3 Å². The molecule has 0 radical (unpaired) electrons. The topological polar surface area (TPSA) is 311 Å². The number of aromatic hydroxyl groups is 1. The Labute approximate surface area is 345 Å². The summed E-state index contributed by atoms with van der Waals surface area (Å²) >= 11 is 0.834. The smallest absolute Gasteiger partial charge is 0.326 e. The zero-order valence-electron chi connectivity index (χ0n) is 34.7. The number of hydrogen-bond donors (Lipinski definition) is 10. The molecular formula is C39H65N9O9S. The second-order valence-corrected chi connectivity index (χ2v) is 16.7. The molecule has 19 heteroatoms. The molecule has 0 saturated carbocycles. The number of phenolic OH excluding ortho intramolecular Hbond substituents is 1. The first-order valence-electron chi connectivity index (χ1n) is 19.6. The van der Waals surface area contributed by atoms with Gasteiger partial charge in [0.1, 0.15) is 29.9 Å². The molecule has 0 spiro atoms. The SMILES string of the molecule is CC(C)C[C@H](NC(=O)CCSC(=O)[C@H](CC(C)C)NC(=O)[C@H](C)NC(=O)[C@H](CCCN=C(N)N)NC(=O)[C@H](Cc1ccc(O)cc1)NC(=O)[C@@H](N)CC(C)C)C(=O)O. The number of carboxylic acids is 1. The van der Waals surface area contributed by atoms with Gasteiger partial charge >= 0.3 is 5.97 Å². The van der Waals surface area contributed by atoms with Crippen LogP contribution in [0.2, 0.25) is 0 Å². The lowest BCUT2D eigenvalue weighted by molar-refractivity contribution is -0.142. The average molecular weight is 836 g/mol. The van der Waals surface area contributed by atoms with Crippen LogP contribution in [-0.2, 0) is 40.0 Å². The van der Waals surface area contributed by atoms with Crippen LogP contribution < -0.4 is 43.8 Å². The summed E-state index contributed by atoms with van der Waals surface area (Å²) in [5.74, 6) is -4.30. The van der Waals surface area contributed by atoms with Crippen LogP contribution in [0.5, 0.6) is 5.75 Å². The summed E-state index contributed by atoms with van der Waals surface area (Å²) in [7, 11) is 0. The largest absolute Gasteiger partial charge is 0.508 e. The van der Waals surface area contributed by atoms with Gasteiger partial charge in [0.2, 0.25) is 34.7 Å². The fourth-order valence-electron chi connectivity index (χ4n) is 5.68. The van der Waals surface area contributed by atoms with E-state index in [1.165, 1.54) is 19.1 Å². The predicted octanol–water partition coefficient (Wildman–Crippen LogP) is 0.632. The number of nitrogens with two attached hydrogens (primary N) is 3. The Morgan fingerprint density at radius 2 is 1.22 bits per heavy atom. The maximum absolute atomic E-state index is 13.8. The minimum atomic E-state index is -1.21. The first-order chi connectivity index (χ1) is 27.1. The fraction of sp³-hybridized carbons (Fsp3) is 0.641. The molecule has 1 aromatic rings. The van der Waals surface area contributed by atoms with Gasteiger partial charge in [-0.1, -0.05) is 65.4 Å². The van der Waals surface area contributed by atoms with Crippen molar-refractivity contribution >= 4 is 58.3 Å². The van der Waals surface area contributed by atoms with Gasteiger partial charge in [-0.25, -0.2) is 4.79 Å². The second-order valence-electron chi connectivity index (χ2n) is 15.6. The highest BCUT2D eigenvalue weighted by molar-refractivity contribution is 8.13. The third-order valence-corrected chi connectivity index (χ3v) is 9.60. The molecule has 0 aliphatic rings. The summed E-state index contributed by atoms with van der Waals surface area (Å²) in [5.41, 5.74) is 17.6. The van der Waals surface area contributed by atoms with Crippen molar-refractivity contribution < 1.29 is 43.8 Å². The van der Waals surface area contributed by atoms with E-state index in [-0.39, 0.29) is 80.3 Å². The standard InChI is InChI=1S/C39H65N9O9S/c1-21(2)17-27(40)34(52)47-29(20-25-10-12-26(49)13-11-25)36(54)46-28(9-8-15-43-39(41)42)35(53)44-24(7)33(51)48-31(19-23(5)6)38(57)58-16-14-32(50)45-30(37(55)56)18-22(3)4/h10-13,21-24,27-31,49H,8-9,14-20,40H2,1-7H3,(H,44,53)(H,45,50)(H,46,54)(H,47,52)(H,48,51)(H,55,56)(H4,41,42,43)/t24-,27-,28-,29-,30-,31-/m0/s1. The molecule has 0 aliphatic heterocycles. The number of aliphatic carboxylic acids is 1. The maximum Gasteiger partial charge on any atom is 0.326 e. The number of amides is 5. The van der Waals surface area contributed by atoms with Gasteiger partial charge in [-0.3, -0.25) is 33.8 Å². The number of nitrogens with one attached hydrogen (secondary N) is 5. The molecule has 0 heterocycles. The molecule has 326 valence electrons. The van der Waals surface area contributed by atoms with Gasteiger partial charge in [0.25, 0.3) is 0 Å². The van der Waals surface area contributed by atoms with Gasteiger partial charge in [-0.05, 0) is 74.5 Å². The van der Waals surface area contributed by atoms with E-state index < -0.39 is 76.9 Å². The van der Waals surface area contributed by atoms with E-state index in [2.05, 4.69) is 31.6 Å². The lowest BCUT2D eigenvalue weighted by Crippen LogP contribution is -2.58. The van der Waals surface area contributed by atoms with Crippen LogP contribution in [0.1, 0.15) is 92.6 Å². The lowest BCUT2D eigenvalue weighted by Gasteiger charge is -2.26. The van der Waals surface area contributed by atoms with Crippen LogP contribution in [0, 0.1) is 17.8 Å². The molecule has 5 amide bonds. The van der Waals surface area contributed by atoms with E-state index in [4.69, 9.17) is 17.2 Å². The third kappa shape index (κ3) is 21.0. The van der Waals surface area contributed by atoms with Crippen molar-refractivity contribution in [1.29, 1.82) is 0 Å². The van der Waals surface area contributed by atoms with Crippen LogP contribution in [0.15, 0.2) is 29.3 Å². The van der Waals surface area contributed by atoms with Crippen molar-refractivity contribution in [3.05, 3.63) is 29.8 Å². The van der Waals surface area contributed by atoms with Gasteiger partial charge < -0.3 is 54.0 Å². The Morgan fingerprint density at radius 1 is 0.690 bits per heavy atom. The third-order valence-electron chi connectivity index (χ3n) is 8.62. The van der Waals surface area contributed by atoms with Crippen LogP contribution >= 0.6 is 11.8 Å². The highest BCUT2D eigenvalue weighted by Crippen LogP contribution is 2.16. The zero-order chi connectivity index (χ0) is 44.1. The molecule has 58 heavy (non-hydrogen) atoms. The van der Waals surface area contributed by atoms with Crippen molar-refractivity contribution in [3.63, 3.8) is 0 Å². The van der Waals surface area contributed by atoms with E-state index in [0.717, 1.165) is 11.8 Å². The molecule has 1 rings (SSSR count). The number of guanidine groups is 1. The van der Waals surface area contributed by atoms with Crippen molar-refractivity contribution in [1.82, 2.24) is 26.6 Å². The van der Waals surface area contributed by atoms with Crippen LogP contribution in [0.25, 0.3) is 0 Å². The first-order valence-corrected chi connectivity index (χ1v) is 20.6. The number of carbonyl (C=O) groups excluding carboxylic acids is 6. The Bertz CT molecular complexity index is 1550. The molecule has 0 saturated heterocycles. The summed E-state index contributed by atoms with van der Waals surface area (Å²) in [6, 6.07) is -0.404. The van der Waals surface area contributed by atoms with Crippen molar-refractivity contribution in [3.8, 4) is 5.75 Å². The van der Waals surface area contributed by atoms with Gasteiger partial charge in [-0.15, -0.1) is 0 Å². The Kier molecular flexibility index (Phi) is 23.1. The molecule has 0 unspecified atom stereocenters. The quantitative estimate of drug-likeness (QED) is 0.0348. The van der Waals surface area contributed by atoms with Crippen LogP contribution in [-0.4, -0.2) is 105 Å². The molecule has 0 aliphatic carbocycles. The summed E-state index contributed by atoms with van der Waals surface area (Å²) in [5, 5.41) is 31.9. The summed E-state index contributed by atoms with van der Waals surface area (Å²) < 4.78 is 0. The maximum atomic E-state index is 13.8. The van der Waals surface area contributed by atoms with Gasteiger partial charge in [0, 0.05) is 25.1 Å². The number of phenols is 1. The molecular weight excluding hydrogens is 771 g/mol. The summed E-state index contributed by atoms with van der Waals surface area (Å²) in [4.78, 5) is 95.1. The van der Waals surface area contributed by atoms with E-state index in [1.807, 2.05) is 41.5 Å². The van der Waals surface area contributed by atoms with Gasteiger partial charge in [0.05, 0.1) is 12.1 Å². The molecule has 6 atom stereocenters. The van der Waals surface area contributed by atoms with Crippen LogP contribution in [0.3, 0.4) is 0 Å². The van der Waals surface area contributed by atoms with E-state index in [0.29, 0.717) is 12.0 Å². The van der Waals surface area contributed by atoms with Gasteiger partial charge in [0.15, 0.2) is 5.96 Å². The Balaban J connectivity index is 3.12. The van der Waals surface area contributed by atoms with E-state index >= 15 is 0 Å². The summed E-state index contributed by atoms with van der Waals surface area (Å²) in [6.07, 6.45) is 1.05. The van der Waals surface area contributed by atoms with Gasteiger partial charge in [-0.2, -0.15) is 0 Å².